The molecule has 0 amide bonds. The number of nitrogens with zero attached hydrogens (tertiary/aromatic N) is 5. The molecule has 0 saturated carbocycles. The van der Waals surface area contributed by atoms with E-state index >= 15 is 0 Å². The zero-order chi connectivity index (χ0) is 22.7. The highest BCUT2D eigenvalue weighted by molar-refractivity contribution is 5.91. The lowest BCUT2D eigenvalue weighted by Crippen LogP contribution is -2.36. The van der Waals surface area contributed by atoms with Crippen LogP contribution in [0.15, 0.2) is 30.2 Å². The highest BCUT2D eigenvalue weighted by atomic mass is 19.3. The van der Waals surface area contributed by atoms with Crippen molar-refractivity contribution in [2.75, 3.05) is 18.5 Å². The van der Waals surface area contributed by atoms with Gasteiger partial charge in [0.1, 0.15) is 11.9 Å². The van der Waals surface area contributed by atoms with Gasteiger partial charge in [-0.3, -0.25) is 0 Å². The van der Waals surface area contributed by atoms with Crippen molar-refractivity contribution in [2.24, 2.45) is 5.92 Å². The van der Waals surface area contributed by atoms with Crippen LogP contribution >= 0.6 is 0 Å². The number of imidazole rings is 1. The summed E-state index contributed by atoms with van der Waals surface area (Å²) < 4.78 is 35.2. The average molecular weight is 453 g/mol. The summed E-state index contributed by atoms with van der Waals surface area (Å²) in [5, 5.41) is 11.5. The quantitative estimate of drug-likeness (QED) is 0.576. The van der Waals surface area contributed by atoms with Gasteiger partial charge in [-0.1, -0.05) is 13.0 Å². The summed E-state index contributed by atoms with van der Waals surface area (Å²) in [7, 11) is 0. The highest BCUT2D eigenvalue weighted by Gasteiger charge is 2.40. The maximum absolute atomic E-state index is 13.1. The van der Waals surface area contributed by atoms with Crippen LogP contribution in [0.4, 0.5) is 14.7 Å². The van der Waals surface area contributed by atoms with Gasteiger partial charge in [0.15, 0.2) is 0 Å². The molecular weight excluding hydrogens is 428 g/mol. The number of allylic oxidation sites excluding steroid dienone is 2. The number of anilines is 1. The third-order valence-corrected chi connectivity index (χ3v) is 6.69. The minimum Gasteiger partial charge on any atom is -0.381 e. The molecule has 33 heavy (non-hydrogen) atoms. The van der Waals surface area contributed by atoms with Crippen LogP contribution in [-0.2, 0) is 11.3 Å². The number of alkyl halides is 2. The van der Waals surface area contributed by atoms with E-state index in [1.807, 2.05) is 35.1 Å². The van der Waals surface area contributed by atoms with Gasteiger partial charge >= 0.3 is 0 Å². The zero-order valence-corrected chi connectivity index (χ0v) is 18.4. The van der Waals surface area contributed by atoms with E-state index < -0.39 is 6.43 Å². The van der Waals surface area contributed by atoms with E-state index in [-0.39, 0.29) is 18.6 Å². The summed E-state index contributed by atoms with van der Waals surface area (Å²) in [5.41, 5.74) is 5.41. The van der Waals surface area contributed by atoms with Crippen molar-refractivity contribution in [1.29, 1.82) is 0 Å². The molecule has 1 unspecified atom stereocenters. The van der Waals surface area contributed by atoms with Crippen molar-refractivity contribution in [2.45, 2.75) is 45.3 Å². The summed E-state index contributed by atoms with van der Waals surface area (Å²) in [4.78, 5) is 9.08. The molecule has 1 aliphatic carbocycles. The first-order valence-corrected chi connectivity index (χ1v) is 11.2. The summed E-state index contributed by atoms with van der Waals surface area (Å²) in [6, 6.07) is 2.18. The van der Waals surface area contributed by atoms with Crippen LogP contribution in [0.5, 0.6) is 0 Å². The average Bonchev–Trinajstić information content (AvgIpc) is 3.38. The number of hydrogen-bond acceptors (Lipinski definition) is 6. The van der Waals surface area contributed by atoms with Gasteiger partial charge in [-0.05, 0) is 31.4 Å². The van der Waals surface area contributed by atoms with Crippen molar-refractivity contribution in [1.82, 2.24) is 29.5 Å². The predicted octanol–water partition coefficient (Wildman–Crippen LogP) is 3.42. The molecule has 3 aromatic heterocycles. The number of nitrogens with one attached hydrogen (secondary N) is 2. The molecule has 2 N–H and O–H groups in total. The van der Waals surface area contributed by atoms with Crippen LogP contribution in [0.2, 0.25) is 0 Å². The van der Waals surface area contributed by atoms with Gasteiger partial charge in [0, 0.05) is 35.7 Å². The number of halogens is 2. The topological polar surface area (TPSA) is 91.2 Å². The Hall–Kier alpha value is -3.27. The van der Waals surface area contributed by atoms with Crippen LogP contribution in [0, 0.1) is 12.8 Å². The summed E-state index contributed by atoms with van der Waals surface area (Å²) in [5.74, 6) is 1.58. The van der Waals surface area contributed by atoms with Gasteiger partial charge in [0.05, 0.1) is 36.3 Å². The lowest BCUT2D eigenvalue weighted by molar-refractivity contribution is 0.0536. The molecule has 0 radical (unpaired) electrons. The molecule has 3 atom stereocenters. The monoisotopic (exact) mass is 453 g/mol. The van der Waals surface area contributed by atoms with Crippen LogP contribution in [-0.4, -0.2) is 49.8 Å². The van der Waals surface area contributed by atoms with Crippen molar-refractivity contribution in [3.8, 4) is 0 Å². The second kappa shape index (κ2) is 7.65. The van der Waals surface area contributed by atoms with E-state index in [1.54, 1.807) is 11.5 Å². The third-order valence-electron chi connectivity index (χ3n) is 6.69. The first kappa shape index (κ1) is 20.3. The molecule has 0 aromatic carbocycles. The van der Waals surface area contributed by atoms with E-state index in [1.165, 1.54) is 0 Å². The maximum Gasteiger partial charge on any atom is 0.256 e. The molecule has 6 rings (SSSR count). The fraction of sp³-hybridized carbons (Fsp3) is 0.435. The Morgan fingerprint density at radius 1 is 1.33 bits per heavy atom. The molecule has 10 heteroatoms. The summed E-state index contributed by atoms with van der Waals surface area (Å²) in [6.45, 7) is 5.05. The van der Waals surface area contributed by atoms with Gasteiger partial charge in [-0.2, -0.15) is 0 Å². The van der Waals surface area contributed by atoms with Gasteiger partial charge in [-0.25, -0.2) is 23.3 Å². The van der Waals surface area contributed by atoms with Gasteiger partial charge in [-0.15, -0.1) is 5.10 Å². The molecule has 0 bridgehead atoms. The first-order chi connectivity index (χ1) is 16.0. The highest BCUT2D eigenvalue weighted by Crippen LogP contribution is 2.45. The first-order valence-electron chi connectivity index (χ1n) is 11.2. The second-order valence-electron chi connectivity index (χ2n) is 8.90. The van der Waals surface area contributed by atoms with Crippen LogP contribution in [0.3, 0.4) is 0 Å². The molecule has 2 fully saturated rings. The Morgan fingerprint density at radius 2 is 2.21 bits per heavy atom. The second-order valence-corrected chi connectivity index (χ2v) is 8.90. The van der Waals surface area contributed by atoms with Crippen molar-refractivity contribution in [3.63, 3.8) is 0 Å². The SMILES string of the molecule is Cc1nc2c(n1CC(F)F)C1NC1=C(c1ccn3nc(N[C@@H]4CCOC[C@H]4C)ncc13)C=C2. The lowest BCUT2D eigenvalue weighted by atomic mass is 9.98. The number of hydrogen-bond donors (Lipinski definition) is 2. The Balaban J connectivity index is 1.31. The molecule has 2 saturated heterocycles. The molecular formula is C23H25F2N7O. The molecule has 172 valence electrons. The zero-order valence-electron chi connectivity index (χ0n) is 18.4. The fourth-order valence-electron chi connectivity index (χ4n) is 4.89. The number of aromatic nitrogens is 5. The van der Waals surface area contributed by atoms with Crippen molar-refractivity contribution >= 4 is 23.1 Å². The smallest absolute Gasteiger partial charge is 0.256 e. The minimum absolute atomic E-state index is 0.114. The van der Waals surface area contributed by atoms with Gasteiger partial charge < -0.3 is 19.9 Å². The van der Waals surface area contributed by atoms with E-state index in [0.29, 0.717) is 17.7 Å². The van der Waals surface area contributed by atoms with Gasteiger partial charge in [0.25, 0.3) is 6.43 Å². The molecule has 8 nitrogen and oxygen atoms in total. The Kier molecular flexibility index (Phi) is 4.72. The van der Waals surface area contributed by atoms with Crippen LogP contribution in [0.25, 0.3) is 17.2 Å². The fourth-order valence-corrected chi connectivity index (χ4v) is 4.89. The van der Waals surface area contributed by atoms with E-state index in [0.717, 1.165) is 53.4 Å². The normalized spacial score (nSPS) is 24.0. The molecule has 2 aliphatic heterocycles. The number of aryl methyl sites for hydroxylation is 1. The molecule has 3 aliphatic rings. The predicted molar refractivity (Wildman–Crippen MR) is 120 cm³/mol. The van der Waals surface area contributed by atoms with Crippen LogP contribution < -0.4 is 10.6 Å². The molecule has 3 aromatic rings. The van der Waals surface area contributed by atoms with E-state index in [9.17, 15) is 8.78 Å². The number of fused-ring (bicyclic) bond motifs is 4. The Morgan fingerprint density at radius 3 is 3.03 bits per heavy atom. The standard InChI is InChI=1S/C23H25F2N7O/c1-12-11-33-8-6-16(12)28-23-26-9-18-14(5-7-32(18)30-23)15-3-4-17-22(21-20(15)29-21)31(10-19(24)25)13(2)27-17/h3-5,7,9,12,16,19,21,29H,6,8,10-11H2,1-2H3,(H,28,30)/t12-,16-,21?/m1/s1. The maximum atomic E-state index is 13.1. The van der Waals surface area contributed by atoms with Gasteiger partial charge in [0.2, 0.25) is 5.95 Å². The summed E-state index contributed by atoms with van der Waals surface area (Å²) >= 11 is 0. The third kappa shape index (κ3) is 3.49. The van der Waals surface area contributed by atoms with Crippen molar-refractivity contribution < 1.29 is 13.5 Å². The lowest BCUT2D eigenvalue weighted by Gasteiger charge is -2.29. The number of ether oxygens (including phenoxy) is 1. The molecule has 0 spiro atoms. The van der Waals surface area contributed by atoms with Crippen LogP contribution in [0.1, 0.15) is 42.2 Å². The number of rotatable bonds is 5. The summed E-state index contributed by atoms with van der Waals surface area (Å²) in [6.07, 6.45) is 6.15. The molecule has 5 heterocycles. The van der Waals surface area contributed by atoms with E-state index in [2.05, 4.69) is 32.6 Å². The Labute approximate surface area is 189 Å². The van der Waals surface area contributed by atoms with E-state index in [4.69, 9.17) is 4.74 Å². The van der Waals surface area contributed by atoms with Crippen molar-refractivity contribution in [3.05, 3.63) is 53.0 Å². The Bertz CT molecular complexity index is 1290. The largest absolute Gasteiger partial charge is 0.381 e. The minimum atomic E-state index is -2.43.